The molecule has 2 rings (SSSR count). The highest BCUT2D eigenvalue weighted by Crippen LogP contribution is 2.34. The Hall–Kier alpha value is -1.55. The van der Waals surface area contributed by atoms with E-state index in [1.165, 1.54) is 12.8 Å². The van der Waals surface area contributed by atoms with Gasteiger partial charge >= 0.3 is 6.03 Å². The highest BCUT2D eigenvalue weighted by molar-refractivity contribution is 5.89. The van der Waals surface area contributed by atoms with Gasteiger partial charge < -0.3 is 16.4 Å². The van der Waals surface area contributed by atoms with E-state index < -0.39 is 0 Å². The molecule has 1 aromatic rings. The SMILES string of the molecule is CCC(CC1CC1)NC(=O)Nc1cccc(CN)c1. The topological polar surface area (TPSA) is 67.2 Å². The van der Waals surface area contributed by atoms with Gasteiger partial charge in [-0.05, 0) is 36.5 Å². The van der Waals surface area contributed by atoms with Crippen molar-refractivity contribution in [3.8, 4) is 0 Å². The van der Waals surface area contributed by atoms with Crippen LogP contribution in [0, 0.1) is 5.92 Å². The van der Waals surface area contributed by atoms with Crippen molar-refractivity contribution in [2.24, 2.45) is 11.7 Å². The summed E-state index contributed by atoms with van der Waals surface area (Å²) in [7, 11) is 0. The Morgan fingerprint density at radius 3 is 2.89 bits per heavy atom. The minimum atomic E-state index is -0.123. The molecule has 1 atom stereocenters. The van der Waals surface area contributed by atoms with Crippen LogP contribution >= 0.6 is 0 Å². The van der Waals surface area contributed by atoms with E-state index in [2.05, 4.69) is 17.6 Å². The number of rotatable bonds is 6. The van der Waals surface area contributed by atoms with Crippen LogP contribution in [0.1, 0.15) is 38.2 Å². The van der Waals surface area contributed by atoms with Gasteiger partial charge in [0, 0.05) is 18.3 Å². The Bertz CT molecular complexity index is 429. The van der Waals surface area contributed by atoms with Gasteiger partial charge in [0.15, 0.2) is 0 Å². The number of amides is 2. The Morgan fingerprint density at radius 2 is 2.26 bits per heavy atom. The van der Waals surface area contributed by atoms with Gasteiger partial charge in [-0.25, -0.2) is 4.79 Å². The quantitative estimate of drug-likeness (QED) is 0.737. The van der Waals surface area contributed by atoms with Crippen LogP contribution in [0.2, 0.25) is 0 Å². The van der Waals surface area contributed by atoms with Gasteiger partial charge in [-0.3, -0.25) is 0 Å². The maximum Gasteiger partial charge on any atom is 0.319 e. The number of urea groups is 1. The van der Waals surface area contributed by atoms with Crippen LogP contribution in [0.3, 0.4) is 0 Å². The van der Waals surface area contributed by atoms with E-state index in [-0.39, 0.29) is 12.1 Å². The lowest BCUT2D eigenvalue weighted by atomic mass is 10.1. The van der Waals surface area contributed by atoms with Crippen LogP contribution in [-0.2, 0) is 6.54 Å². The lowest BCUT2D eigenvalue weighted by molar-refractivity contribution is 0.246. The number of carbonyl (C=O) groups is 1. The molecule has 1 aliphatic carbocycles. The summed E-state index contributed by atoms with van der Waals surface area (Å²) in [6.45, 7) is 2.60. The van der Waals surface area contributed by atoms with Gasteiger partial charge in [0.2, 0.25) is 0 Å². The normalized spacial score (nSPS) is 15.9. The number of anilines is 1. The lowest BCUT2D eigenvalue weighted by Gasteiger charge is -2.17. The van der Waals surface area contributed by atoms with Crippen molar-refractivity contribution in [2.45, 2.75) is 45.2 Å². The van der Waals surface area contributed by atoms with Crippen LogP contribution in [0.4, 0.5) is 10.5 Å². The molecule has 0 heterocycles. The third kappa shape index (κ3) is 4.56. The second-order valence-electron chi connectivity index (χ2n) is 5.29. The van der Waals surface area contributed by atoms with Crippen LogP contribution in [0.25, 0.3) is 0 Å². The zero-order chi connectivity index (χ0) is 13.7. The molecule has 1 unspecified atom stereocenters. The molecule has 19 heavy (non-hydrogen) atoms. The third-order valence-electron chi connectivity index (χ3n) is 3.56. The van der Waals surface area contributed by atoms with Crippen molar-refractivity contribution in [3.63, 3.8) is 0 Å². The molecule has 0 radical (unpaired) electrons. The van der Waals surface area contributed by atoms with Gasteiger partial charge in [0.1, 0.15) is 0 Å². The molecular weight excluding hydrogens is 238 g/mol. The third-order valence-corrected chi connectivity index (χ3v) is 3.56. The van der Waals surface area contributed by atoms with E-state index in [1.54, 1.807) is 0 Å². The average molecular weight is 261 g/mol. The van der Waals surface area contributed by atoms with Crippen molar-refractivity contribution >= 4 is 11.7 Å². The summed E-state index contributed by atoms with van der Waals surface area (Å²) in [6, 6.07) is 7.79. The molecule has 1 aliphatic rings. The van der Waals surface area contributed by atoms with E-state index in [0.29, 0.717) is 6.54 Å². The first kappa shape index (κ1) is 13.9. The minimum Gasteiger partial charge on any atom is -0.335 e. The number of hydrogen-bond acceptors (Lipinski definition) is 2. The zero-order valence-electron chi connectivity index (χ0n) is 11.5. The van der Waals surface area contributed by atoms with Crippen molar-refractivity contribution in [1.29, 1.82) is 0 Å². The molecule has 0 spiro atoms. The fourth-order valence-electron chi connectivity index (χ4n) is 2.21. The average Bonchev–Trinajstić information content (AvgIpc) is 3.22. The maximum atomic E-state index is 11.9. The summed E-state index contributed by atoms with van der Waals surface area (Å²) >= 11 is 0. The molecule has 0 aliphatic heterocycles. The molecule has 4 nitrogen and oxygen atoms in total. The minimum absolute atomic E-state index is 0.123. The van der Waals surface area contributed by atoms with Gasteiger partial charge in [-0.1, -0.05) is 31.9 Å². The van der Waals surface area contributed by atoms with Crippen LogP contribution < -0.4 is 16.4 Å². The first-order valence-corrected chi connectivity index (χ1v) is 7.07. The van der Waals surface area contributed by atoms with Gasteiger partial charge in [0.05, 0.1) is 0 Å². The fourth-order valence-corrected chi connectivity index (χ4v) is 2.21. The number of benzene rings is 1. The second kappa shape index (κ2) is 6.57. The molecule has 1 saturated carbocycles. The van der Waals surface area contributed by atoms with Gasteiger partial charge in [-0.15, -0.1) is 0 Å². The molecule has 0 saturated heterocycles. The number of nitrogens with two attached hydrogens (primary N) is 1. The number of carbonyl (C=O) groups excluding carboxylic acids is 1. The standard InChI is InChI=1S/C15H23N3O/c1-2-13(8-11-6-7-11)17-15(19)18-14-5-3-4-12(9-14)10-16/h3-5,9,11,13H,2,6-8,10,16H2,1H3,(H2,17,18,19). The Kier molecular flexibility index (Phi) is 4.80. The van der Waals surface area contributed by atoms with Crippen LogP contribution in [0.5, 0.6) is 0 Å². The summed E-state index contributed by atoms with van der Waals surface area (Å²) in [5.41, 5.74) is 7.39. The highest BCUT2D eigenvalue weighted by atomic mass is 16.2. The predicted octanol–water partition coefficient (Wildman–Crippen LogP) is 2.85. The van der Waals surface area contributed by atoms with Crippen molar-refractivity contribution in [3.05, 3.63) is 29.8 Å². The lowest BCUT2D eigenvalue weighted by Crippen LogP contribution is -2.37. The van der Waals surface area contributed by atoms with E-state index in [1.807, 2.05) is 24.3 Å². The molecule has 2 amide bonds. The van der Waals surface area contributed by atoms with Gasteiger partial charge in [0.25, 0.3) is 0 Å². The Morgan fingerprint density at radius 1 is 1.47 bits per heavy atom. The molecule has 0 bridgehead atoms. The Balaban J connectivity index is 1.84. The first-order valence-electron chi connectivity index (χ1n) is 7.07. The van der Waals surface area contributed by atoms with Crippen molar-refractivity contribution in [1.82, 2.24) is 5.32 Å². The second-order valence-corrected chi connectivity index (χ2v) is 5.29. The fraction of sp³-hybridized carbons (Fsp3) is 0.533. The summed E-state index contributed by atoms with van der Waals surface area (Å²) in [5.74, 6) is 0.825. The van der Waals surface area contributed by atoms with Gasteiger partial charge in [-0.2, -0.15) is 0 Å². The summed E-state index contributed by atoms with van der Waals surface area (Å²) in [6.07, 6.45) is 4.72. The molecule has 4 N–H and O–H groups in total. The largest absolute Gasteiger partial charge is 0.335 e. The maximum absolute atomic E-state index is 11.9. The van der Waals surface area contributed by atoms with E-state index >= 15 is 0 Å². The summed E-state index contributed by atoms with van der Waals surface area (Å²) < 4.78 is 0. The predicted molar refractivity (Wildman–Crippen MR) is 77.9 cm³/mol. The van der Waals surface area contributed by atoms with Crippen molar-refractivity contribution < 1.29 is 4.79 Å². The summed E-state index contributed by atoms with van der Waals surface area (Å²) in [5, 5.41) is 5.91. The first-order chi connectivity index (χ1) is 9.21. The molecule has 0 aromatic heterocycles. The molecule has 104 valence electrons. The Labute approximate surface area is 114 Å². The van der Waals surface area contributed by atoms with Crippen LogP contribution in [-0.4, -0.2) is 12.1 Å². The molecule has 1 fully saturated rings. The van der Waals surface area contributed by atoms with E-state index in [4.69, 9.17) is 5.73 Å². The number of hydrogen-bond donors (Lipinski definition) is 3. The molecule has 4 heteroatoms. The molecule has 1 aromatic carbocycles. The van der Waals surface area contributed by atoms with E-state index in [0.717, 1.165) is 30.0 Å². The van der Waals surface area contributed by atoms with Crippen LogP contribution in [0.15, 0.2) is 24.3 Å². The molecular formula is C15H23N3O. The highest BCUT2D eigenvalue weighted by Gasteiger charge is 2.25. The monoisotopic (exact) mass is 261 g/mol. The van der Waals surface area contributed by atoms with E-state index in [9.17, 15) is 4.79 Å². The smallest absolute Gasteiger partial charge is 0.319 e. The summed E-state index contributed by atoms with van der Waals surface area (Å²) in [4.78, 5) is 11.9. The van der Waals surface area contributed by atoms with Crippen molar-refractivity contribution in [2.75, 3.05) is 5.32 Å². The number of nitrogens with one attached hydrogen (secondary N) is 2. The zero-order valence-corrected chi connectivity index (χ0v) is 11.5.